The first kappa shape index (κ1) is 15.9. The third-order valence-corrected chi connectivity index (χ3v) is 3.93. The summed E-state index contributed by atoms with van der Waals surface area (Å²) in [5.74, 6) is -0.331. The zero-order valence-corrected chi connectivity index (χ0v) is 13.3. The molecule has 1 aliphatic rings. The zero-order valence-electron chi connectivity index (χ0n) is 13.3. The maximum absolute atomic E-state index is 12.6. The summed E-state index contributed by atoms with van der Waals surface area (Å²) in [4.78, 5) is 30.4. The summed E-state index contributed by atoms with van der Waals surface area (Å²) in [6, 6.07) is 12.7. The first-order valence-electron chi connectivity index (χ1n) is 7.99. The largest absolute Gasteiger partial charge is 0.341 e. The van der Waals surface area contributed by atoms with Crippen molar-refractivity contribution in [2.45, 2.75) is 18.9 Å². The first-order valence-corrected chi connectivity index (χ1v) is 7.99. The van der Waals surface area contributed by atoms with E-state index in [0.29, 0.717) is 13.0 Å². The van der Waals surface area contributed by atoms with Crippen molar-refractivity contribution in [2.24, 2.45) is 0 Å². The molecule has 24 heavy (non-hydrogen) atoms. The second-order valence-corrected chi connectivity index (χ2v) is 5.65. The van der Waals surface area contributed by atoms with Gasteiger partial charge in [0, 0.05) is 30.7 Å². The van der Waals surface area contributed by atoms with Crippen molar-refractivity contribution >= 4 is 23.6 Å². The Hall–Kier alpha value is -2.95. The Morgan fingerprint density at radius 1 is 1.21 bits per heavy atom. The van der Waals surface area contributed by atoms with Crippen LogP contribution in [0.5, 0.6) is 0 Å². The van der Waals surface area contributed by atoms with E-state index in [-0.39, 0.29) is 11.8 Å². The quantitative estimate of drug-likeness (QED) is 0.880. The molecule has 3 rings (SSSR count). The molecule has 0 unspecified atom stereocenters. The molecule has 0 saturated carbocycles. The summed E-state index contributed by atoms with van der Waals surface area (Å²) < 4.78 is 0. The number of anilines is 1. The molecule has 2 amide bonds. The van der Waals surface area contributed by atoms with E-state index in [1.807, 2.05) is 36.4 Å². The highest BCUT2D eigenvalue weighted by Gasteiger charge is 2.30. The summed E-state index contributed by atoms with van der Waals surface area (Å²) >= 11 is 0. The van der Waals surface area contributed by atoms with Crippen molar-refractivity contribution in [1.29, 1.82) is 0 Å². The lowest BCUT2D eigenvalue weighted by Gasteiger charge is -2.32. The lowest BCUT2D eigenvalue weighted by Crippen LogP contribution is -2.52. The number of nitrogens with zero attached hydrogens (tertiary/aromatic N) is 2. The molecule has 5 heteroatoms. The van der Waals surface area contributed by atoms with Crippen LogP contribution in [0.1, 0.15) is 18.4 Å². The van der Waals surface area contributed by atoms with Gasteiger partial charge in [0.15, 0.2) is 0 Å². The van der Waals surface area contributed by atoms with Gasteiger partial charge >= 0.3 is 0 Å². The molecule has 1 aromatic carbocycles. The van der Waals surface area contributed by atoms with E-state index in [9.17, 15) is 9.59 Å². The molecule has 1 atom stereocenters. The summed E-state index contributed by atoms with van der Waals surface area (Å²) in [5.41, 5.74) is 1.71. The van der Waals surface area contributed by atoms with Gasteiger partial charge in [0.2, 0.25) is 11.8 Å². The minimum absolute atomic E-state index is 0.0597. The summed E-state index contributed by atoms with van der Waals surface area (Å²) in [6.07, 6.45) is 7.99. The average Bonchev–Trinajstić information content (AvgIpc) is 2.63. The number of carbonyl (C=O) groups excluding carboxylic acids is 2. The molecule has 1 aromatic heterocycles. The Kier molecular flexibility index (Phi) is 5.01. The topological polar surface area (TPSA) is 62.3 Å². The SMILES string of the molecule is O=C(/C=C\c1cccnc1)N[C@H]1CCCN(c2ccccc2)C1=O. The Balaban J connectivity index is 1.63. The fraction of sp³-hybridized carbons (Fsp3) is 0.211. The molecular formula is C19H19N3O2. The van der Waals surface area contributed by atoms with Gasteiger partial charge in [0.25, 0.3) is 0 Å². The standard InChI is InChI=1S/C19H19N3O2/c23-18(11-10-15-6-4-12-20-14-15)21-17-9-5-13-22(19(17)24)16-7-2-1-3-8-16/h1-4,6-8,10-12,14,17H,5,9,13H2,(H,21,23)/b11-10-/t17-/m0/s1. The summed E-state index contributed by atoms with van der Waals surface area (Å²) in [6.45, 7) is 0.681. The van der Waals surface area contributed by atoms with E-state index >= 15 is 0 Å². The number of carbonyl (C=O) groups is 2. The second-order valence-electron chi connectivity index (χ2n) is 5.65. The van der Waals surface area contributed by atoms with Crippen molar-refractivity contribution in [2.75, 3.05) is 11.4 Å². The lowest BCUT2D eigenvalue weighted by molar-refractivity contribution is -0.126. The normalized spacial score (nSPS) is 17.9. The maximum Gasteiger partial charge on any atom is 0.249 e. The number of piperidine rings is 1. The molecule has 122 valence electrons. The summed E-state index contributed by atoms with van der Waals surface area (Å²) in [7, 11) is 0. The van der Waals surface area contributed by atoms with Crippen LogP contribution in [0.25, 0.3) is 6.08 Å². The zero-order chi connectivity index (χ0) is 16.8. The highest BCUT2D eigenvalue weighted by Crippen LogP contribution is 2.20. The third kappa shape index (κ3) is 3.87. The minimum Gasteiger partial charge on any atom is -0.341 e. The number of amides is 2. The van der Waals surface area contributed by atoms with Crippen molar-refractivity contribution in [1.82, 2.24) is 10.3 Å². The Morgan fingerprint density at radius 2 is 2.04 bits per heavy atom. The molecule has 1 saturated heterocycles. The minimum atomic E-state index is -0.481. The fourth-order valence-electron chi connectivity index (χ4n) is 2.74. The van der Waals surface area contributed by atoms with Crippen molar-refractivity contribution < 1.29 is 9.59 Å². The van der Waals surface area contributed by atoms with Gasteiger partial charge in [-0.05, 0) is 42.7 Å². The van der Waals surface area contributed by atoms with Crippen LogP contribution in [0.15, 0.2) is 60.9 Å². The predicted molar refractivity (Wildman–Crippen MR) is 93.2 cm³/mol. The van der Waals surface area contributed by atoms with Gasteiger partial charge in [0.1, 0.15) is 6.04 Å². The number of hydrogen-bond donors (Lipinski definition) is 1. The molecule has 1 N–H and O–H groups in total. The highest BCUT2D eigenvalue weighted by molar-refractivity contribution is 6.01. The second kappa shape index (κ2) is 7.55. The van der Waals surface area contributed by atoms with E-state index in [1.165, 1.54) is 6.08 Å². The molecule has 0 bridgehead atoms. The van der Waals surface area contributed by atoms with Crippen LogP contribution < -0.4 is 10.2 Å². The van der Waals surface area contributed by atoms with Gasteiger partial charge in [-0.1, -0.05) is 24.3 Å². The van der Waals surface area contributed by atoms with Crippen LogP contribution >= 0.6 is 0 Å². The van der Waals surface area contributed by atoms with Gasteiger partial charge in [-0.3, -0.25) is 14.6 Å². The molecular weight excluding hydrogens is 302 g/mol. The lowest BCUT2D eigenvalue weighted by atomic mass is 10.0. The predicted octanol–water partition coefficient (Wildman–Crippen LogP) is 2.41. The van der Waals surface area contributed by atoms with E-state index in [0.717, 1.165) is 17.7 Å². The van der Waals surface area contributed by atoms with Crippen LogP contribution in [0.2, 0.25) is 0 Å². The van der Waals surface area contributed by atoms with Crippen molar-refractivity contribution in [3.8, 4) is 0 Å². The van der Waals surface area contributed by atoms with Gasteiger partial charge < -0.3 is 10.2 Å². The molecule has 0 spiro atoms. The molecule has 5 nitrogen and oxygen atoms in total. The number of pyridine rings is 1. The average molecular weight is 321 g/mol. The summed E-state index contributed by atoms with van der Waals surface area (Å²) in [5, 5.41) is 2.80. The molecule has 2 heterocycles. The van der Waals surface area contributed by atoms with Gasteiger partial charge in [0.05, 0.1) is 0 Å². The Morgan fingerprint density at radius 3 is 2.79 bits per heavy atom. The number of hydrogen-bond acceptors (Lipinski definition) is 3. The van der Waals surface area contributed by atoms with Crippen LogP contribution in [0.3, 0.4) is 0 Å². The molecule has 2 aromatic rings. The molecule has 1 aliphatic heterocycles. The van der Waals surface area contributed by atoms with Crippen LogP contribution in [-0.4, -0.2) is 29.4 Å². The van der Waals surface area contributed by atoms with Gasteiger partial charge in [-0.15, -0.1) is 0 Å². The number of benzene rings is 1. The number of aromatic nitrogens is 1. The molecule has 0 aliphatic carbocycles. The number of para-hydroxylation sites is 1. The van der Waals surface area contributed by atoms with Gasteiger partial charge in [-0.2, -0.15) is 0 Å². The van der Waals surface area contributed by atoms with Crippen LogP contribution in [0.4, 0.5) is 5.69 Å². The monoisotopic (exact) mass is 321 g/mol. The Labute approximate surface area is 141 Å². The van der Waals surface area contributed by atoms with E-state index in [4.69, 9.17) is 0 Å². The third-order valence-electron chi connectivity index (χ3n) is 3.93. The number of nitrogens with one attached hydrogen (secondary N) is 1. The first-order chi connectivity index (χ1) is 11.7. The van der Waals surface area contributed by atoms with E-state index < -0.39 is 6.04 Å². The molecule has 1 fully saturated rings. The maximum atomic E-state index is 12.6. The molecule has 0 radical (unpaired) electrons. The van der Waals surface area contributed by atoms with Crippen molar-refractivity contribution in [3.63, 3.8) is 0 Å². The van der Waals surface area contributed by atoms with E-state index in [2.05, 4.69) is 10.3 Å². The fourth-order valence-corrected chi connectivity index (χ4v) is 2.74. The number of rotatable bonds is 4. The van der Waals surface area contributed by atoms with Gasteiger partial charge in [-0.25, -0.2) is 0 Å². The Bertz CT molecular complexity index is 729. The highest BCUT2D eigenvalue weighted by atomic mass is 16.2. The van der Waals surface area contributed by atoms with Crippen LogP contribution in [-0.2, 0) is 9.59 Å². The van der Waals surface area contributed by atoms with Crippen LogP contribution in [0, 0.1) is 0 Å². The van der Waals surface area contributed by atoms with E-state index in [1.54, 1.807) is 29.4 Å². The van der Waals surface area contributed by atoms with Crippen molar-refractivity contribution in [3.05, 3.63) is 66.5 Å². The smallest absolute Gasteiger partial charge is 0.249 e.